The zero-order valence-corrected chi connectivity index (χ0v) is 13.2. The molecule has 1 N–H and O–H groups in total. The van der Waals surface area contributed by atoms with E-state index in [1.807, 2.05) is 50.4 Å². The summed E-state index contributed by atoms with van der Waals surface area (Å²) in [5.41, 5.74) is 4.45. The number of benzene rings is 1. The van der Waals surface area contributed by atoms with Crippen LogP contribution in [0.5, 0.6) is 0 Å². The number of amides is 1. The predicted molar refractivity (Wildman–Crippen MR) is 86.3 cm³/mol. The fraction of sp³-hybridized carbons (Fsp3) is 0.188. The molecule has 5 nitrogen and oxygen atoms in total. The van der Waals surface area contributed by atoms with Gasteiger partial charge in [0.2, 0.25) is 0 Å². The Morgan fingerprint density at radius 3 is 2.91 bits per heavy atom. The van der Waals surface area contributed by atoms with E-state index >= 15 is 0 Å². The molecule has 3 aromatic rings. The molecular weight excluding hydrogens is 296 g/mol. The van der Waals surface area contributed by atoms with Gasteiger partial charge in [0.05, 0.1) is 22.9 Å². The molecule has 0 aliphatic heterocycles. The van der Waals surface area contributed by atoms with Crippen molar-refractivity contribution in [2.75, 3.05) is 0 Å². The maximum atomic E-state index is 12.3. The summed E-state index contributed by atoms with van der Waals surface area (Å²) in [5, 5.41) is 7.24. The second-order valence-corrected chi connectivity index (χ2v) is 5.86. The number of thiazole rings is 1. The van der Waals surface area contributed by atoms with Gasteiger partial charge in [0.15, 0.2) is 0 Å². The highest BCUT2D eigenvalue weighted by molar-refractivity contribution is 7.11. The molecule has 6 heteroatoms. The van der Waals surface area contributed by atoms with Gasteiger partial charge in [-0.2, -0.15) is 5.10 Å². The maximum Gasteiger partial charge on any atom is 0.263 e. The fourth-order valence-corrected chi connectivity index (χ4v) is 2.93. The summed E-state index contributed by atoms with van der Waals surface area (Å²) >= 11 is 1.36. The van der Waals surface area contributed by atoms with E-state index < -0.39 is 0 Å². The van der Waals surface area contributed by atoms with E-state index in [0.29, 0.717) is 4.88 Å². The topological polar surface area (TPSA) is 59.8 Å². The average Bonchev–Trinajstić information content (AvgIpc) is 3.18. The number of hydrogen-bond acceptors (Lipinski definition) is 4. The molecule has 0 aliphatic rings. The smallest absolute Gasteiger partial charge is 0.263 e. The Balaban J connectivity index is 1.78. The van der Waals surface area contributed by atoms with Crippen LogP contribution in [0.15, 0.2) is 48.2 Å². The summed E-state index contributed by atoms with van der Waals surface area (Å²) in [6.45, 7) is 3.81. The molecule has 112 valence electrons. The minimum absolute atomic E-state index is 0.0861. The number of nitrogens with one attached hydrogen (secondary N) is 1. The lowest BCUT2D eigenvalue weighted by atomic mass is 10.1. The highest BCUT2D eigenvalue weighted by Crippen LogP contribution is 2.18. The van der Waals surface area contributed by atoms with Crippen LogP contribution < -0.4 is 5.32 Å². The maximum absolute atomic E-state index is 12.3. The first-order chi connectivity index (χ1) is 10.6. The molecule has 3 rings (SSSR count). The lowest BCUT2D eigenvalue weighted by molar-refractivity contribution is 0.0943. The quantitative estimate of drug-likeness (QED) is 0.805. The van der Waals surface area contributed by atoms with E-state index in [1.165, 1.54) is 11.3 Å². The van der Waals surface area contributed by atoms with Crippen molar-refractivity contribution in [3.8, 4) is 5.69 Å². The van der Waals surface area contributed by atoms with Gasteiger partial charge in [0.1, 0.15) is 4.88 Å². The normalized spacial score (nSPS) is 12.1. The molecule has 0 bridgehead atoms. The molecular formula is C16H16N4OS. The van der Waals surface area contributed by atoms with E-state index in [9.17, 15) is 4.79 Å². The Morgan fingerprint density at radius 2 is 2.23 bits per heavy atom. The van der Waals surface area contributed by atoms with E-state index in [2.05, 4.69) is 15.4 Å². The van der Waals surface area contributed by atoms with Gasteiger partial charge in [-0.3, -0.25) is 4.79 Å². The van der Waals surface area contributed by atoms with E-state index in [4.69, 9.17) is 0 Å². The molecule has 0 radical (unpaired) electrons. The monoisotopic (exact) mass is 312 g/mol. The van der Waals surface area contributed by atoms with Gasteiger partial charge in [-0.15, -0.1) is 11.3 Å². The van der Waals surface area contributed by atoms with Gasteiger partial charge in [0.25, 0.3) is 5.91 Å². The molecule has 0 spiro atoms. The van der Waals surface area contributed by atoms with Crippen molar-refractivity contribution < 1.29 is 4.79 Å². The van der Waals surface area contributed by atoms with Crippen molar-refractivity contribution in [3.63, 3.8) is 0 Å². The van der Waals surface area contributed by atoms with Gasteiger partial charge < -0.3 is 5.32 Å². The second-order valence-electron chi connectivity index (χ2n) is 5.01. The first kappa shape index (κ1) is 14.5. The second kappa shape index (κ2) is 6.11. The van der Waals surface area contributed by atoms with Crippen molar-refractivity contribution in [1.82, 2.24) is 20.1 Å². The summed E-state index contributed by atoms with van der Waals surface area (Å²) in [6.07, 6.45) is 3.63. The van der Waals surface area contributed by atoms with Gasteiger partial charge in [-0.1, -0.05) is 12.1 Å². The Bertz CT molecular complexity index is 779. The van der Waals surface area contributed by atoms with Crippen molar-refractivity contribution in [1.29, 1.82) is 0 Å². The number of nitrogens with zero attached hydrogens (tertiary/aromatic N) is 3. The van der Waals surface area contributed by atoms with Gasteiger partial charge in [-0.25, -0.2) is 9.67 Å². The Kier molecular flexibility index (Phi) is 4.02. The van der Waals surface area contributed by atoms with Crippen LogP contribution in [0.4, 0.5) is 0 Å². The number of carbonyl (C=O) groups is 1. The molecule has 0 aliphatic carbocycles. The van der Waals surface area contributed by atoms with Crippen LogP contribution in [0.25, 0.3) is 5.69 Å². The van der Waals surface area contributed by atoms with Gasteiger partial charge in [0, 0.05) is 12.4 Å². The van der Waals surface area contributed by atoms with Crippen molar-refractivity contribution in [2.24, 2.45) is 0 Å². The lowest BCUT2D eigenvalue weighted by Crippen LogP contribution is -2.26. The van der Waals surface area contributed by atoms with Crippen LogP contribution >= 0.6 is 11.3 Å². The molecule has 22 heavy (non-hydrogen) atoms. The first-order valence-corrected chi connectivity index (χ1v) is 7.84. The molecule has 1 atom stereocenters. The molecule has 0 unspecified atom stereocenters. The van der Waals surface area contributed by atoms with E-state index in [1.54, 1.807) is 16.4 Å². The summed E-state index contributed by atoms with van der Waals surface area (Å²) in [5.74, 6) is -0.0861. The summed E-state index contributed by atoms with van der Waals surface area (Å²) in [6, 6.07) is 9.76. The number of carbonyl (C=O) groups excluding carboxylic acids is 1. The Morgan fingerprint density at radius 1 is 1.36 bits per heavy atom. The van der Waals surface area contributed by atoms with Crippen molar-refractivity contribution in [3.05, 3.63) is 64.4 Å². The van der Waals surface area contributed by atoms with Crippen LogP contribution in [0.2, 0.25) is 0 Å². The van der Waals surface area contributed by atoms with Crippen LogP contribution in [0.1, 0.15) is 33.9 Å². The van der Waals surface area contributed by atoms with Crippen LogP contribution in [-0.4, -0.2) is 20.7 Å². The first-order valence-electron chi connectivity index (χ1n) is 6.96. The number of rotatable bonds is 4. The molecule has 1 amide bonds. The third-order valence-electron chi connectivity index (χ3n) is 3.44. The number of aryl methyl sites for hydroxylation is 1. The Hall–Kier alpha value is -2.47. The Labute approximate surface area is 132 Å². The standard InChI is InChI=1S/C16H16N4OS/c1-11(19-16(21)15-12(2)17-10-22-15)13-5-3-6-14(9-13)20-8-4-7-18-20/h3-11H,1-2H3,(H,19,21)/t11-/m0/s1. The zero-order chi connectivity index (χ0) is 15.5. The predicted octanol–water partition coefficient (Wildman–Crippen LogP) is 3.13. The highest BCUT2D eigenvalue weighted by Gasteiger charge is 2.15. The number of aromatic nitrogens is 3. The highest BCUT2D eigenvalue weighted by atomic mass is 32.1. The van der Waals surface area contributed by atoms with Crippen LogP contribution in [-0.2, 0) is 0 Å². The molecule has 0 saturated heterocycles. The molecule has 2 aromatic heterocycles. The van der Waals surface area contributed by atoms with Gasteiger partial charge in [-0.05, 0) is 37.6 Å². The molecule has 1 aromatic carbocycles. The summed E-state index contributed by atoms with van der Waals surface area (Å²) in [7, 11) is 0. The molecule has 0 saturated carbocycles. The minimum atomic E-state index is -0.0930. The van der Waals surface area contributed by atoms with Gasteiger partial charge >= 0.3 is 0 Å². The van der Waals surface area contributed by atoms with Crippen LogP contribution in [0.3, 0.4) is 0 Å². The van der Waals surface area contributed by atoms with Crippen molar-refractivity contribution >= 4 is 17.2 Å². The average molecular weight is 312 g/mol. The summed E-state index contributed by atoms with van der Waals surface area (Å²) < 4.78 is 1.80. The zero-order valence-electron chi connectivity index (χ0n) is 12.4. The molecule has 0 fully saturated rings. The number of hydrogen-bond donors (Lipinski definition) is 1. The van der Waals surface area contributed by atoms with E-state index in [0.717, 1.165) is 16.9 Å². The fourth-order valence-electron chi connectivity index (χ4n) is 2.22. The minimum Gasteiger partial charge on any atom is -0.345 e. The van der Waals surface area contributed by atoms with Crippen molar-refractivity contribution in [2.45, 2.75) is 19.9 Å². The summed E-state index contributed by atoms with van der Waals surface area (Å²) in [4.78, 5) is 17.0. The molecule has 2 heterocycles. The largest absolute Gasteiger partial charge is 0.345 e. The lowest BCUT2D eigenvalue weighted by Gasteiger charge is -2.15. The SMILES string of the molecule is Cc1ncsc1C(=O)N[C@@H](C)c1cccc(-n2cccn2)c1. The van der Waals surface area contributed by atoms with E-state index in [-0.39, 0.29) is 11.9 Å². The third-order valence-corrected chi connectivity index (χ3v) is 4.37. The third kappa shape index (κ3) is 2.92. The van der Waals surface area contributed by atoms with Crippen LogP contribution in [0, 0.1) is 6.92 Å².